The predicted molar refractivity (Wildman–Crippen MR) is 125 cm³/mol. The van der Waals surface area contributed by atoms with Gasteiger partial charge in [0.2, 0.25) is 0 Å². The van der Waals surface area contributed by atoms with Crippen LogP contribution in [0.3, 0.4) is 0 Å². The topological polar surface area (TPSA) is 14.1 Å². The average molecular weight is 471 g/mol. The molecule has 0 bridgehead atoms. The van der Waals surface area contributed by atoms with E-state index < -0.39 is 25.3 Å². The van der Waals surface area contributed by atoms with Crippen molar-refractivity contribution in [3.63, 3.8) is 0 Å². The summed E-state index contributed by atoms with van der Waals surface area (Å²) in [5.74, 6) is 3.20. The van der Waals surface area contributed by atoms with Crippen molar-refractivity contribution in [2.75, 3.05) is 0 Å². The second-order valence-electron chi connectivity index (χ2n) is 9.06. The van der Waals surface area contributed by atoms with Crippen LogP contribution in [0, 0.1) is 23.7 Å². The molecule has 0 amide bonds. The molecule has 0 spiro atoms. The number of rotatable bonds is 4. The van der Waals surface area contributed by atoms with Crippen LogP contribution in [0.4, 0.5) is 0 Å². The van der Waals surface area contributed by atoms with E-state index >= 15 is 0 Å². The molecule has 0 aromatic heterocycles. The van der Waals surface area contributed by atoms with Crippen LogP contribution in [-0.2, 0) is 17.0 Å². The number of nitrogens with zero attached hydrogens (tertiary/aromatic N) is 1. The molecule has 3 rings (SSSR count). The Morgan fingerprint density at radius 1 is 0.857 bits per heavy atom. The molecule has 0 radical (unpaired) electrons. The Kier molecular flexibility index (Phi) is 9.13. The molecule has 1 aliphatic carbocycles. The summed E-state index contributed by atoms with van der Waals surface area (Å²) in [5.41, 5.74) is 2.17. The minimum absolute atomic E-state index is 0.276. The van der Waals surface area contributed by atoms with Gasteiger partial charge < -0.3 is 4.98 Å². The van der Waals surface area contributed by atoms with Gasteiger partial charge in [-0.05, 0) is 34.4 Å². The van der Waals surface area contributed by atoms with E-state index in [0.717, 1.165) is 29.2 Å². The van der Waals surface area contributed by atoms with Crippen LogP contribution < -0.4 is 0 Å². The van der Waals surface area contributed by atoms with Crippen molar-refractivity contribution < 1.29 is 17.0 Å². The van der Waals surface area contributed by atoms with E-state index in [1.807, 2.05) is 0 Å². The van der Waals surface area contributed by atoms with Crippen LogP contribution >= 0.6 is 18.6 Å². The van der Waals surface area contributed by atoms with Gasteiger partial charge in [-0.15, -0.1) is 6.04 Å². The average Bonchev–Trinajstić information content (AvgIpc) is 2.85. The Morgan fingerprint density at radius 3 is 1.93 bits per heavy atom. The zero-order valence-corrected chi connectivity index (χ0v) is 22.3. The van der Waals surface area contributed by atoms with Crippen LogP contribution in [0.2, 0.25) is 18.6 Å². The van der Waals surface area contributed by atoms with Crippen molar-refractivity contribution in [3.05, 3.63) is 53.0 Å². The molecule has 1 fully saturated rings. The van der Waals surface area contributed by atoms with Crippen molar-refractivity contribution in [1.82, 2.24) is 0 Å². The monoisotopic (exact) mass is 470 g/mol. The molecule has 1 saturated carbocycles. The fourth-order valence-electron chi connectivity index (χ4n) is 5.65. The summed E-state index contributed by atoms with van der Waals surface area (Å²) >= 11 is -0.556. The Labute approximate surface area is 189 Å². The number of benzene rings is 2. The molecule has 5 heteroatoms. The Morgan fingerprint density at radius 2 is 1.36 bits per heavy atom. The minimum atomic E-state index is -1.69. The standard InChI is InChI=1S/C23H34NSi.2ClH.Ti/c1-15-16(2)18(4)23(17(15)3)25(6,7)24-19(5)21-14-10-12-20-11-8-9-13-22(20)21;;;/h8-19,23H,1-7H3;2*1H;/q-1;;;+2/p-2/t15?,16?,17?,18?,19-,23?;;;/m1.../s1. The fourth-order valence-corrected chi connectivity index (χ4v) is 10.1. The number of hydrogen-bond acceptors (Lipinski definition) is 0. The normalized spacial score (nSPS) is 28.5. The first-order valence-electron chi connectivity index (χ1n) is 10.3. The molecule has 0 aliphatic heterocycles. The Bertz CT molecular complexity index is 750. The van der Waals surface area contributed by atoms with Crippen LogP contribution in [0.15, 0.2) is 42.5 Å². The molecule has 0 heterocycles. The molecular weight excluding hydrogens is 437 g/mol. The van der Waals surface area contributed by atoms with E-state index in [-0.39, 0.29) is 6.04 Å². The first-order chi connectivity index (χ1) is 13.2. The van der Waals surface area contributed by atoms with Crippen molar-refractivity contribution in [2.24, 2.45) is 23.7 Å². The molecule has 0 N–H and O–H groups in total. The third kappa shape index (κ3) is 5.26. The SMILES string of the molecule is CC1C(C)C(C)C([Si](C)(C)[N-][C@H](C)c2cccc3ccccc23)C1C.[Cl][Ti][Cl]. The van der Waals surface area contributed by atoms with Gasteiger partial charge in [-0.2, -0.15) is 0 Å². The molecule has 0 saturated heterocycles. The number of fused-ring (bicyclic) bond motifs is 1. The van der Waals surface area contributed by atoms with Crippen LogP contribution in [0.1, 0.15) is 46.2 Å². The quantitative estimate of drug-likeness (QED) is 0.396. The molecule has 28 heavy (non-hydrogen) atoms. The van der Waals surface area contributed by atoms with Crippen molar-refractivity contribution in [3.8, 4) is 0 Å². The van der Waals surface area contributed by atoms with Crippen LogP contribution in [-0.4, -0.2) is 8.24 Å². The molecule has 2 aromatic rings. The van der Waals surface area contributed by atoms with Gasteiger partial charge in [-0.1, -0.05) is 110 Å². The van der Waals surface area contributed by atoms with Gasteiger partial charge in [0, 0.05) is 0 Å². The van der Waals surface area contributed by atoms with Crippen molar-refractivity contribution in [1.29, 1.82) is 0 Å². The van der Waals surface area contributed by atoms with E-state index in [0.29, 0.717) is 0 Å². The van der Waals surface area contributed by atoms with Crippen molar-refractivity contribution in [2.45, 2.75) is 59.3 Å². The molecule has 4 unspecified atom stereocenters. The molecule has 1 nitrogen and oxygen atoms in total. The zero-order valence-electron chi connectivity index (χ0n) is 18.2. The second kappa shape index (κ2) is 10.5. The van der Waals surface area contributed by atoms with E-state index in [4.69, 9.17) is 23.6 Å². The maximum atomic E-state index is 5.52. The summed E-state index contributed by atoms with van der Waals surface area (Å²) in [7, 11) is 8.09. The number of hydrogen-bond donors (Lipinski definition) is 0. The number of halogens is 2. The predicted octanol–water partition coefficient (Wildman–Crippen LogP) is 8.78. The second-order valence-corrected chi connectivity index (χ2v) is 15.9. The van der Waals surface area contributed by atoms with Gasteiger partial charge >= 0.3 is 35.6 Å². The van der Waals surface area contributed by atoms with Gasteiger partial charge in [0.25, 0.3) is 0 Å². The summed E-state index contributed by atoms with van der Waals surface area (Å²) in [6.07, 6.45) is 0. The molecule has 5 atom stereocenters. The van der Waals surface area contributed by atoms with E-state index in [1.54, 1.807) is 0 Å². The van der Waals surface area contributed by atoms with E-state index in [9.17, 15) is 0 Å². The van der Waals surface area contributed by atoms with Gasteiger partial charge in [0.1, 0.15) is 0 Å². The Hall–Kier alpha value is 0.171. The summed E-state index contributed by atoms with van der Waals surface area (Å²) in [4.78, 5) is 5.52. The fraction of sp³-hybridized carbons (Fsp3) is 0.565. The van der Waals surface area contributed by atoms with Gasteiger partial charge in [0.05, 0.1) is 0 Å². The summed E-state index contributed by atoms with van der Waals surface area (Å²) in [6, 6.07) is 15.7. The van der Waals surface area contributed by atoms with Gasteiger partial charge in [0.15, 0.2) is 0 Å². The molecule has 2 aromatic carbocycles. The Balaban J connectivity index is 0.000000878. The molecule has 1 aliphatic rings. The summed E-state index contributed by atoms with van der Waals surface area (Å²) < 4.78 is 0. The van der Waals surface area contributed by atoms with Gasteiger partial charge in [-0.3, -0.25) is 0 Å². The maximum absolute atomic E-state index is 5.52. The summed E-state index contributed by atoms with van der Waals surface area (Å²) in [6.45, 7) is 17.1. The molecule has 154 valence electrons. The first kappa shape index (κ1) is 24.4. The molecular formula is C23H34Cl2NSiTi-. The van der Waals surface area contributed by atoms with Crippen LogP contribution in [0.25, 0.3) is 15.8 Å². The summed E-state index contributed by atoms with van der Waals surface area (Å²) in [5, 5.41) is 2.69. The van der Waals surface area contributed by atoms with Gasteiger partial charge in [-0.25, -0.2) is 0 Å². The zero-order chi connectivity index (χ0) is 21.1. The third-order valence-corrected chi connectivity index (χ3v) is 11.0. The third-order valence-electron chi connectivity index (χ3n) is 7.24. The van der Waals surface area contributed by atoms with E-state index in [2.05, 4.69) is 90.2 Å². The van der Waals surface area contributed by atoms with E-state index in [1.165, 1.54) is 16.3 Å². The van der Waals surface area contributed by atoms with Crippen LogP contribution in [0.5, 0.6) is 0 Å². The van der Waals surface area contributed by atoms with Crippen molar-refractivity contribution >= 4 is 37.6 Å². The first-order valence-corrected chi connectivity index (χ1v) is 17.6.